The number of fused-ring (bicyclic) bond motifs is 1. The van der Waals surface area contributed by atoms with E-state index in [0.717, 1.165) is 61.2 Å². The highest BCUT2D eigenvalue weighted by molar-refractivity contribution is 5.85. The number of pyridine rings is 1. The third-order valence-electron chi connectivity index (χ3n) is 5.92. The average molecular weight is 434 g/mol. The van der Waals surface area contributed by atoms with Crippen molar-refractivity contribution in [2.45, 2.75) is 63.6 Å². The summed E-state index contributed by atoms with van der Waals surface area (Å²) >= 11 is 0. The highest BCUT2D eigenvalue weighted by Crippen LogP contribution is 2.23. The van der Waals surface area contributed by atoms with Crippen LogP contribution in [0.4, 0.5) is 4.39 Å². The number of hydrogen-bond donors (Lipinski definition) is 3. The van der Waals surface area contributed by atoms with Crippen molar-refractivity contribution in [3.8, 4) is 0 Å². The number of aliphatic hydroxyl groups excluding tert-OH is 1. The number of carbonyl (C=O) groups excluding carboxylic acids is 1. The summed E-state index contributed by atoms with van der Waals surface area (Å²) in [6.45, 7) is 1.60. The minimum atomic E-state index is -0.456. The first-order chi connectivity index (χ1) is 14.1. The van der Waals surface area contributed by atoms with Gasteiger partial charge in [-0.25, -0.2) is 4.39 Å². The molecule has 1 saturated carbocycles. The molecular weight excluding hydrogens is 405 g/mol. The summed E-state index contributed by atoms with van der Waals surface area (Å²) < 4.78 is 13.2. The molecule has 3 N–H and O–H groups in total. The number of aliphatic hydroxyl groups is 1. The number of halogens is 2. The monoisotopic (exact) mass is 433 g/mol. The maximum atomic E-state index is 13.2. The van der Waals surface area contributed by atoms with Gasteiger partial charge < -0.3 is 15.7 Å². The van der Waals surface area contributed by atoms with Gasteiger partial charge in [-0.05, 0) is 67.1 Å². The van der Waals surface area contributed by atoms with Crippen LogP contribution in [0.5, 0.6) is 0 Å². The van der Waals surface area contributed by atoms with Crippen molar-refractivity contribution in [1.82, 2.24) is 15.6 Å². The Morgan fingerprint density at radius 3 is 2.77 bits per heavy atom. The lowest BCUT2D eigenvalue weighted by molar-refractivity contribution is -0.122. The second-order valence-corrected chi connectivity index (χ2v) is 8.13. The molecule has 1 aromatic carbocycles. The van der Waals surface area contributed by atoms with Crippen molar-refractivity contribution in [2.75, 3.05) is 6.54 Å². The van der Waals surface area contributed by atoms with Gasteiger partial charge in [0, 0.05) is 6.54 Å². The van der Waals surface area contributed by atoms with Crippen LogP contribution >= 0.6 is 12.4 Å². The predicted octanol–water partition coefficient (Wildman–Crippen LogP) is 2.84. The molecule has 4 rings (SSSR count). The van der Waals surface area contributed by atoms with Crippen molar-refractivity contribution in [3.05, 3.63) is 64.2 Å². The minimum Gasteiger partial charge on any atom is -0.391 e. The Balaban J connectivity index is 0.00000256. The summed E-state index contributed by atoms with van der Waals surface area (Å²) in [4.78, 5) is 17.3. The van der Waals surface area contributed by atoms with E-state index in [1.165, 1.54) is 17.7 Å². The predicted molar refractivity (Wildman–Crippen MR) is 116 cm³/mol. The standard InChI is InChI=1S/C23H28FN3O2.ClH/c24-17-7-5-15(6-8-17)11-16-12-18(26-21-14-25-10-9-19(16)21)13-23(29)27-20-3-1-2-4-22(20)28;/h5-8,12,20,22,25,28H,1-4,9-11,13-14H2,(H,27,29);1H/t20-,22-;/m0./s1. The number of nitrogens with one attached hydrogen (secondary N) is 2. The molecule has 0 radical (unpaired) electrons. The highest BCUT2D eigenvalue weighted by Gasteiger charge is 2.25. The number of hydrogen-bond acceptors (Lipinski definition) is 4. The molecule has 30 heavy (non-hydrogen) atoms. The number of aromatic nitrogens is 1. The smallest absolute Gasteiger partial charge is 0.226 e. The molecule has 5 nitrogen and oxygen atoms in total. The molecule has 1 aliphatic heterocycles. The maximum Gasteiger partial charge on any atom is 0.226 e. The van der Waals surface area contributed by atoms with Gasteiger partial charge in [-0.2, -0.15) is 0 Å². The Hall–Kier alpha value is -2.02. The molecule has 1 fully saturated rings. The molecule has 2 atom stereocenters. The Kier molecular flexibility index (Phi) is 7.81. The van der Waals surface area contributed by atoms with E-state index < -0.39 is 6.10 Å². The molecule has 162 valence electrons. The molecule has 1 amide bonds. The zero-order valence-corrected chi connectivity index (χ0v) is 17.8. The molecule has 0 unspecified atom stereocenters. The van der Waals surface area contributed by atoms with Crippen molar-refractivity contribution in [1.29, 1.82) is 0 Å². The molecule has 2 aromatic rings. The lowest BCUT2D eigenvalue weighted by Crippen LogP contribution is -2.45. The van der Waals surface area contributed by atoms with Gasteiger partial charge >= 0.3 is 0 Å². The van der Waals surface area contributed by atoms with Gasteiger partial charge in [-0.15, -0.1) is 12.4 Å². The second kappa shape index (κ2) is 10.3. The third-order valence-corrected chi connectivity index (χ3v) is 5.92. The first kappa shape index (κ1) is 22.7. The molecular formula is C23H29ClFN3O2. The third kappa shape index (κ3) is 5.56. The molecule has 1 aliphatic carbocycles. The van der Waals surface area contributed by atoms with Crippen LogP contribution in [0, 0.1) is 5.82 Å². The zero-order valence-electron chi connectivity index (χ0n) is 17.0. The Labute approximate surface area is 182 Å². The largest absolute Gasteiger partial charge is 0.391 e. The highest BCUT2D eigenvalue weighted by atomic mass is 35.5. The summed E-state index contributed by atoms with van der Waals surface area (Å²) in [5.74, 6) is -0.336. The van der Waals surface area contributed by atoms with Gasteiger partial charge in [0.1, 0.15) is 5.82 Å². The molecule has 1 aromatic heterocycles. The summed E-state index contributed by atoms with van der Waals surface area (Å²) in [7, 11) is 0. The first-order valence-electron chi connectivity index (χ1n) is 10.5. The van der Waals surface area contributed by atoms with Gasteiger partial charge in [0.15, 0.2) is 0 Å². The van der Waals surface area contributed by atoms with Gasteiger partial charge in [0.25, 0.3) is 0 Å². The van der Waals surface area contributed by atoms with Crippen LogP contribution in [-0.2, 0) is 30.6 Å². The van der Waals surface area contributed by atoms with Gasteiger partial charge in [0.05, 0.1) is 30.0 Å². The van der Waals surface area contributed by atoms with Crippen LogP contribution in [0.2, 0.25) is 0 Å². The summed E-state index contributed by atoms with van der Waals surface area (Å²) in [6, 6.07) is 8.43. The molecule has 2 aliphatic rings. The fourth-order valence-corrected chi connectivity index (χ4v) is 4.39. The van der Waals surface area contributed by atoms with E-state index >= 15 is 0 Å². The minimum absolute atomic E-state index is 0. The van der Waals surface area contributed by atoms with E-state index in [4.69, 9.17) is 4.98 Å². The Bertz CT molecular complexity index is 875. The van der Waals surface area contributed by atoms with E-state index in [9.17, 15) is 14.3 Å². The molecule has 0 bridgehead atoms. The lowest BCUT2D eigenvalue weighted by atomic mass is 9.92. The van der Waals surface area contributed by atoms with E-state index in [0.29, 0.717) is 13.0 Å². The van der Waals surface area contributed by atoms with Gasteiger partial charge in [0.2, 0.25) is 5.91 Å². The Morgan fingerprint density at radius 2 is 2.00 bits per heavy atom. The van der Waals surface area contributed by atoms with Gasteiger partial charge in [-0.3, -0.25) is 9.78 Å². The number of carbonyl (C=O) groups is 1. The van der Waals surface area contributed by atoms with Gasteiger partial charge in [-0.1, -0.05) is 25.0 Å². The van der Waals surface area contributed by atoms with Crippen molar-refractivity contribution in [3.63, 3.8) is 0 Å². The normalized spacial score (nSPS) is 20.7. The van der Waals surface area contributed by atoms with Crippen LogP contribution in [0.15, 0.2) is 30.3 Å². The van der Waals surface area contributed by atoms with Crippen LogP contribution in [0.25, 0.3) is 0 Å². The van der Waals surface area contributed by atoms with E-state index in [1.54, 1.807) is 12.1 Å². The summed E-state index contributed by atoms with van der Waals surface area (Å²) in [6.07, 6.45) is 4.96. The quantitative estimate of drug-likeness (QED) is 0.677. The summed E-state index contributed by atoms with van der Waals surface area (Å²) in [5, 5.41) is 16.4. The molecule has 0 saturated heterocycles. The van der Waals surface area contributed by atoms with Crippen LogP contribution < -0.4 is 10.6 Å². The average Bonchev–Trinajstić information content (AvgIpc) is 2.71. The molecule has 2 heterocycles. The van der Waals surface area contributed by atoms with Crippen molar-refractivity contribution < 1.29 is 14.3 Å². The first-order valence-corrected chi connectivity index (χ1v) is 10.5. The summed E-state index contributed by atoms with van der Waals surface area (Å²) in [5.41, 5.74) is 5.17. The number of amides is 1. The molecule has 7 heteroatoms. The fraction of sp³-hybridized carbons (Fsp3) is 0.478. The van der Waals surface area contributed by atoms with Crippen molar-refractivity contribution in [2.24, 2.45) is 0 Å². The van der Waals surface area contributed by atoms with Crippen LogP contribution in [-0.4, -0.2) is 34.7 Å². The maximum absolute atomic E-state index is 13.2. The van der Waals surface area contributed by atoms with Crippen LogP contribution in [0.1, 0.15) is 53.8 Å². The topological polar surface area (TPSA) is 74.2 Å². The zero-order chi connectivity index (χ0) is 20.2. The lowest BCUT2D eigenvalue weighted by Gasteiger charge is -2.28. The van der Waals surface area contributed by atoms with Crippen LogP contribution in [0.3, 0.4) is 0 Å². The Morgan fingerprint density at radius 1 is 1.23 bits per heavy atom. The SMILES string of the molecule is Cl.O=C(Cc1cc(Cc2ccc(F)cc2)c2c(n1)CNCC2)N[C@H]1CCCC[C@@H]1O. The number of benzene rings is 1. The van der Waals surface area contributed by atoms with E-state index in [-0.39, 0.29) is 36.6 Å². The number of rotatable bonds is 5. The van der Waals surface area contributed by atoms with Crippen molar-refractivity contribution >= 4 is 18.3 Å². The number of nitrogens with zero attached hydrogens (tertiary/aromatic N) is 1. The van der Waals surface area contributed by atoms with E-state index in [1.807, 2.05) is 6.07 Å². The van der Waals surface area contributed by atoms with E-state index in [2.05, 4.69) is 10.6 Å². The fourth-order valence-electron chi connectivity index (χ4n) is 4.39. The second-order valence-electron chi connectivity index (χ2n) is 8.13. The molecule has 0 spiro atoms.